The molecule has 3 rings (SSSR count). The highest BCUT2D eigenvalue weighted by Gasteiger charge is 2.27. The van der Waals surface area contributed by atoms with Gasteiger partial charge in [-0.3, -0.25) is 4.79 Å². The van der Waals surface area contributed by atoms with Crippen molar-refractivity contribution in [1.82, 2.24) is 4.90 Å². The number of halogens is 1. The van der Waals surface area contributed by atoms with Crippen LogP contribution >= 0.6 is 12.4 Å². The molecule has 2 unspecified atom stereocenters. The average Bonchev–Trinajstić information content (AvgIpc) is 3.12. The van der Waals surface area contributed by atoms with Crippen LogP contribution in [0.3, 0.4) is 0 Å². The van der Waals surface area contributed by atoms with Crippen molar-refractivity contribution < 1.29 is 9.53 Å². The summed E-state index contributed by atoms with van der Waals surface area (Å²) in [6.07, 6.45) is 1.36. The van der Waals surface area contributed by atoms with Crippen molar-refractivity contribution in [3.05, 3.63) is 71.8 Å². The van der Waals surface area contributed by atoms with E-state index in [1.807, 2.05) is 53.4 Å². The van der Waals surface area contributed by atoms with Crippen molar-refractivity contribution in [1.29, 1.82) is 0 Å². The van der Waals surface area contributed by atoms with Gasteiger partial charge in [-0.2, -0.15) is 0 Å². The Bertz CT molecular complexity index is 666. The highest BCUT2D eigenvalue weighted by Crippen LogP contribution is 2.21. The smallest absolute Gasteiger partial charge is 0.224 e. The molecular formula is C21H27ClN2O2. The fraction of sp³-hybridized carbons (Fsp3) is 0.381. The van der Waals surface area contributed by atoms with Gasteiger partial charge >= 0.3 is 0 Å². The van der Waals surface area contributed by atoms with Crippen molar-refractivity contribution in [3.63, 3.8) is 0 Å². The Morgan fingerprint density at radius 1 is 1.12 bits per heavy atom. The number of hydrogen-bond donors (Lipinski definition) is 1. The average molecular weight is 375 g/mol. The lowest BCUT2D eigenvalue weighted by Gasteiger charge is -2.19. The molecule has 0 bridgehead atoms. The summed E-state index contributed by atoms with van der Waals surface area (Å²) < 4.78 is 5.82. The van der Waals surface area contributed by atoms with Gasteiger partial charge in [0, 0.05) is 31.5 Å². The zero-order valence-electron chi connectivity index (χ0n) is 14.9. The molecule has 0 spiro atoms. The van der Waals surface area contributed by atoms with Crippen molar-refractivity contribution >= 4 is 18.3 Å². The molecule has 2 aromatic rings. The fourth-order valence-electron chi connectivity index (χ4n) is 3.25. The minimum atomic E-state index is -0.234. The topological polar surface area (TPSA) is 55.6 Å². The van der Waals surface area contributed by atoms with Gasteiger partial charge in [-0.05, 0) is 17.5 Å². The second-order valence-corrected chi connectivity index (χ2v) is 6.72. The highest BCUT2D eigenvalue weighted by molar-refractivity contribution is 5.85. The van der Waals surface area contributed by atoms with Crippen LogP contribution in [0.2, 0.25) is 0 Å². The first-order valence-corrected chi connectivity index (χ1v) is 8.92. The summed E-state index contributed by atoms with van der Waals surface area (Å²) in [5.41, 5.74) is 8.37. The van der Waals surface area contributed by atoms with Crippen LogP contribution in [0.5, 0.6) is 0 Å². The Labute approximate surface area is 161 Å². The summed E-state index contributed by atoms with van der Waals surface area (Å²) >= 11 is 0. The number of benzene rings is 2. The molecule has 0 radical (unpaired) electrons. The number of rotatable bonds is 7. The van der Waals surface area contributed by atoms with E-state index in [0.717, 1.165) is 25.1 Å². The van der Waals surface area contributed by atoms with Crippen LogP contribution in [0.4, 0.5) is 0 Å². The van der Waals surface area contributed by atoms with Crippen molar-refractivity contribution in [2.75, 3.05) is 19.7 Å². The first-order chi connectivity index (χ1) is 12.2. The number of hydrogen-bond acceptors (Lipinski definition) is 3. The van der Waals surface area contributed by atoms with Crippen LogP contribution in [0.15, 0.2) is 60.7 Å². The van der Waals surface area contributed by atoms with E-state index in [9.17, 15) is 4.79 Å². The van der Waals surface area contributed by atoms with E-state index >= 15 is 0 Å². The van der Waals surface area contributed by atoms with E-state index in [-0.39, 0.29) is 24.4 Å². The van der Waals surface area contributed by atoms with Gasteiger partial charge in [0.2, 0.25) is 5.91 Å². The van der Waals surface area contributed by atoms with Gasteiger partial charge in [0.05, 0.1) is 13.2 Å². The molecule has 4 nitrogen and oxygen atoms in total. The lowest BCUT2D eigenvalue weighted by Crippen LogP contribution is -2.31. The predicted molar refractivity (Wildman–Crippen MR) is 106 cm³/mol. The van der Waals surface area contributed by atoms with Crippen molar-refractivity contribution in [2.24, 2.45) is 11.7 Å². The minimum Gasteiger partial charge on any atom is -0.376 e. The molecule has 2 aromatic carbocycles. The number of carbonyl (C=O) groups excluding carboxylic acids is 1. The molecule has 5 heteroatoms. The molecule has 0 aromatic heterocycles. The second kappa shape index (κ2) is 10.3. The molecule has 1 aliphatic rings. The lowest BCUT2D eigenvalue weighted by atomic mass is 10.0. The van der Waals surface area contributed by atoms with E-state index < -0.39 is 0 Å². The number of likely N-dealkylation sites (tertiary alicyclic amines) is 1. The van der Waals surface area contributed by atoms with Gasteiger partial charge in [-0.15, -0.1) is 12.4 Å². The molecule has 1 heterocycles. The molecule has 0 saturated carbocycles. The Balaban J connectivity index is 0.00000243. The third-order valence-corrected chi connectivity index (χ3v) is 4.73. The summed E-state index contributed by atoms with van der Waals surface area (Å²) in [4.78, 5) is 14.4. The molecule has 1 fully saturated rings. The first kappa shape index (κ1) is 20.4. The van der Waals surface area contributed by atoms with Gasteiger partial charge in [0.15, 0.2) is 0 Å². The zero-order valence-corrected chi connectivity index (χ0v) is 15.7. The van der Waals surface area contributed by atoms with Crippen LogP contribution in [-0.4, -0.2) is 30.5 Å². The fourth-order valence-corrected chi connectivity index (χ4v) is 3.25. The molecular weight excluding hydrogens is 348 g/mol. The maximum Gasteiger partial charge on any atom is 0.224 e. The monoisotopic (exact) mass is 374 g/mol. The normalized spacial score (nSPS) is 17.6. The van der Waals surface area contributed by atoms with Crippen LogP contribution in [0.1, 0.15) is 30.0 Å². The van der Waals surface area contributed by atoms with Gasteiger partial charge in [-0.25, -0.2) is 0 Å². The van der Waals surface area contributed by atoms with Crippen molar-refractivity contribution in [3.8, 4) is 0 Å². The zero-order chi connectivity index (χ0) is 17.5. The van der Waals surface area contributed by atoms with Gasteiger partial charge in [0.1, 0.15) is 0 Å². The van der Waals surface area contributed by atoms with Crippen LogP contribution < -0.4 is 5.73 Å². The maximum absolute atomic E-state index is 12.5. The number of nitrogens with two attached hydrogens (primary N) is 1. The quantitative estimate of drug-likeness (QED) is 0.806. The standard InChI is InChI=1S/C21H26N2O2.ClH/c22-20(19-9-5-2-6-10-19)13-21(24)23-12-11-18(14-23)16-25-15-17-7-3-1-4-8-17;/h1-10,18,20H,11-16,22H2;1H. The van der Waals surface area contributed by atoms with Crippen LogP contribution in [0, 0.1) is 5.92 Å². The molecule has 1 saturated heterocycles. The molecule has 2 atom stereocenters. The number of amides is 1. The minimum absolute atomic E-state index is 0. The summed E-state index contributed by atoms with van der Waals surface area (Å²) in [6.45, 7) is 2.91. The first-order valence-electron chi connectivity index (χ1n) is 8.92. The van der Waals surface area contributed by atoms with Gasteiger partial charge in [0.25, 0.3) is 0 Å². The van der Waals surface area contributed by atoms with Crippen LogP contribution in [0.25, 0.3) is 0 Å². The molecule has 1 aliphatic heterocycles. The largest absolute Gasteiger partial charge is 0.376 e. The second-order valence-electron chi connectivity index (χ2n) is 6.72. The number of carbonyl (C=O) groups is 1. The number of ether oxygens (including phenoxy) is 1. The predicted octanol–water partition coefficient (Wildman–Crippen LogP) is 3.56. The third kappa shape index (κ3) is 5.84. The van der Waals surface area contributed by atoms with Crippen molar-refractivity contribution in [2.45, 2.75) is 25.5 Å². The summed E-state index contributed by atoms with van der Waals surface area (Å²) in [7, 11) is 0. The summed E-state index contributed by atoms with van der Waals surface area (Å²) in [6, 6.07) is 19.8. The van der Waals surface area contributed by atoms with Crippen LogP contribution in [-0.2, 0) is 16.1 Å². The van der Waals surface area contributed by atoms with Gasteiger partial charge in [-0.1, -0.05) is 60.7 Å². The molecule has 140 valence electrons. The Kier molecular flexibility index (Phi) is 8.10. The van der Waals surface area contributed by atoms with E-state index in [1.54, 1.807) is 0 Å². The molecule has 26 heavy (non-hydrogen) atoms. The summed E-state index contributed by atoms with van der Waals surface area (Å²) in [5.74, 6) is 0.558. The molecule has 2 N–H and O–H groups in total. The van der Waals surface area contributed by atoms with E-state index in [4.69, 9.17) is 10.5 Å². The Morgan fingerprint density at radius 2 is 1.77 bits per heavy atom. The third-order valence-electron chi connectivity index (χ3n) is 4.73. The maximum atomic E-state index is 12.5. The van der Waals surface area contributed by atoms with Gasteiger partial charge < -0.3 is 15.4 Å². The SMILES string of the molecule is Cl.NC(CC(=O)N1CCC(COCc2ccccc2)C1)c1ccccc1. The van der Waals surface area contributed by atoms with E-state index in [2.05, 4.69) is 12.1 Å². The summed E-state index contributed by atoms with van der Waals surface area (Å²) in [5, 5.41) is 0. The van der Waals surface area contributed by atoms with E-state index in [1.165, 1.54) is 5.56 Å². The number of nitrogens with zero attached hydrogens (tertiary/aromatic N) is 1. The Morgan fingerprint density at radius 3 is 2.46 bits per heavy atom. The molecule has 0 aliphatic carbocycles. The lowest BCUT2D eigenvalue weighted by molar-refractivity contribution is -0.130. The van der Waals surface area contributed by atoms with E-state index in [0.29, 0.717) is 25.6 Å². The molecule has 1 amide bonds. The highest BCUT2D eigenvalue weighted by atomic mass is 35.5. The Hall–Kier alpha value is -1.88.